The average Bonchev–Trinajstić information content (AvgIpc) is 2.29. The molecule has 0 saturated carbocycles. The van der Waals surface area contributed by atoms with Crippen molar-refractivity contribution in [2.75, 3.05) is 32.1 Å². The van der Waals surface area contributed by atoms with E-state index in [-0.39, 0.29) is 23.5 Å². The molecule has 132 valence electrons. The maximum atomic E-state index is 12.4. The summed E-state index contributed by atoms with van der Waals surface area (Å²) in [5.74, 6) is 0.357. The van der Waals surface area contributed by atoms with Crippen LogP contribution in [-0.4, -0.2) is 59.2 Å². The van der Waals surface area contributed by atoms with E-state index in [4.69, 9.17) is 9.16 Å². The fourth-order valence-electron chi connectivity index (χ4n) is 2.16. The van der Waals surface area contributed by atoms with E-state index in [0.717, 1.165) is 0 Å². The molecule has 0 aromatic heterocycles. The summed E-state index contributed by atoms with van der Waals surface area (Å²) in [4.78, 5) is 0. The number of sulfonamides is 1. The van der Waals surface area contributed by atoms with E-state index in [1.807, 2.05) is 13.8 Å². The number of hydrogen-bond donors (Lipinski definition) is 0. The summed E-state index contributed by atoms with van der Waals surface area (Å²) >= 11 is 0. The molecule has 1 atom stereocenters. The Morgan fingerprint density at radius 2 is 1.91 bits per heavy atom. The molecular weight excluding hydrogens is 318 g/mol. The molecule has 22 heavy (non-hydrogen) atoms. The van der Waals surface area contributed by atoms with Crippen LogP contribution in [0, 0.1) is 5.92 Å². The molecule has 0 spiro atoms. The first-order chi connectivity index (χ1) is 9.85. The Hall–Kier alpha value is 0.0469. The number of nitrogens with zero attached hydrogens (tertiary/aromatic N) is 1. The lowest BCUT2D eigenvalue weighted by molar-refractivity contribution is 0.0332. The minimum atomic E-state index is -3.26. The molecule has 0 aliphatic carbocycles. The average molecular weight is 352 g/mol. The molecule has 1 rings (SSSR count). The van der Waals surface area contributed by atoms with Crippen LogP contribution in [0.5, 0.6) is 0 Å². The van der Waals surface area contributed by atoms with E-state index in [2.05, 4.69) is 33.9 Å². The van der Waals surface area contributed by atoms with Gasteiger partial charge in [0, 0.05) is 13.1 Å². The minimum Gasteiger partial charge on any atom is -0.410 e. The Morgan fingerprint density at radius 1 is 1.32 bits per heavy atom. The zero-order valence-electron chi connectivity index (χ0n) is 15.2. The third-order valence-corrected chi connectivity index (χ3v) is 10.7. The predicted molar refractivity (Wildman–Crippen MR) is 93.1 cm³/mol. The normalized spacial score (nSPS) is 25.0. The van der Waals surface area contributed by atoms with Crippen LogP contribution in [0.1, 0.15) is 34.6 Å². The van der Waals surface area contributed by atoms with E-state index < -0.39 is 18.3 Å². The zero-order valence-corrected chi connectivity index (χ0v) is 17.0. The number of rotatable bonds is 4. The SMILES string of the molecule is CC(C)CN1C[C@H](O[Si](C)(C)C(C)(C)C)COCCS1(=O)=O. The van der Waals surface area contributed by atoms with Crippen molar-refractivity contribution in [1.82, 2.24) is 4.31 Å². The van der Waals surface area contributed by atoms with Crippen LogP contribution in [-0.2, 0) is 19.2 Å². The van der Waals surface area contributed by atoms with Gasteiger partial charge < -0.3 is 9.16 Å². The number of ether oxygens (including phenoxy) is 1. The highest BCUT2D eigenvalue weighted by atomic mass is 32.2. The van der Waals surface area contributed by atoms with Crippen molar-refractivity contribution in [1.29, 1.82) is 0 Å². The molecule has 1 aliphatic rings. The third-order valence-electron chi connectivity index (χ3n) is 4.43. The van der Waals surface area contributed by atoms with Gasteiger partial charge in [0.2, 0.25) is 10.0 Å². The fraction of sp³-hybridized carbons (Fsp3) is 1.00. The van der Waals surface area contributed by atoms with Crippen molar-refractivity contribution < 1.29 is 17.6 Å². The summed E-state index contributed by atoms with van der Waals surface area (Å²) in [6, 6.07) is 0. The highest BCUT2D eigenvalue weighted by Gasteiger charge is 2.40. The lowest BCUT2D eigenvalue weighted by atomic mass is 10.2. The first-order valence-electron chi connectivity index (χ1n) is 8.08. The van der Waals surface area contributed by atoms with Crippen molar-refractivity contribution in [2.24, 2.45) is 5.92 Å². The summed E-state index contributed by atoms with van der Waals surface area (Å²) in [6.45, 7) is 16.7. The molecule has 1 saturated heterocycles. The molecule has 0 bridgehead atoms. The van der Waals surface area contributed by atoms with Gasteiger partial charge in [-0.1, -0.05) is 34.6 Å². The van der Waals surface area contributed by atoms with E-state index in [1.165, 1.54) is 0 Å². The van der Waals surface area contributed by atoms with Gasteiger partial charge in [0.1, 0.15) is 0 Å². The standard InChI is InChI=1S/C15H33NO4SSi/c1-13(2)10-16-11-14(12-19-8-9-21(16,17)18)20-22(6,7)15(3,4)5/h13-14H,8-12H2,1-7H3/t14-/m0/s1. The van der Waals surface area contributed by atoms with Crippen LogP contribution >= 0.6 is 0 Å². The van der Waals surface area contributed by atoms with Crippen LogP contribution in [0.15, 0.2) is 0 Å². The van der Waals surface area contributed by atoms with E-state index in [1.54, 1.807) is 4.31 Å². The van der Waals surface area contributed by atoms with Crippen LogP contribution in [0.3, 0.4) is 0 Å². The molecule has 0 aromatic rings. The maximum absolute atomic E-state index is 12.4. The Morgan fingerprint density at radius 3 is 2.41 bits per heavy atom. The Bertz CT molecular complexity index is 457. The summed E-state index contributed by atoms with van der Waals surface area (Å²) in [5.41, 5.74) is 0. The summed E-state index contributed by atoms with van der Waals surface area (Å²) in [7, 11) is -5.21. The monoisotopic (exact) mass is 351 g/mol. The molecule has 0 radical (unpaired) electrons. The van der Waals surface area contributed by atoms with Gasteiger partial charge in [0.25, 0.3) is 0 Å². The zero-order chi connectivity index (χ0) is 17.2. The maximum Gasteiger partial charge on any atom is 0.216 e. The Labute approximate surface area is 137 Å². The summed E-state index contributed by atoms with van der Waals surface area (Å²) < 4.78 is 38.3. The predicted octanol–water partition coefficient (Wildman–Crippen LogP) is 2.69. The third kappa shape index (κ3) is 5.60. The molecule has 1 heterocycles. The largest absolute Gasteiger partial charge is 0.410 e. The van der Waals surface area contributed by atoms with Gasteiger partial charge in [0.15, 0.2) is 8.32 Å². The van der Waals surface area contributed by atoms with Gasteiger partial charge in [-0.15, -0.1) is 0 Å². The Kier molecular flexibility index (Phi) is 6.66. The quantitative estimate of drug-likeness (QED) is 0.731. The van der Waals surface area contributed by atoms with Crippen molar-refractivity contribution in [3.8, 4) is 0 Å². The molecular formula is C15H33NO4SSi. The molecule has 0 unspecified atom stereocenters. The van der Waals surface area contributed by atoms with Gasteiger partial charge in [-0.05, 0) is 24.1 Å². The summed E-state index contributed by atoms with van der Waals surface area (Å²) in [5, 5.41) is 0.0944. The molecule has 1 fully saturated rings. The molecule has 0 aromatic carbocycles. The first-order valence-corrected chi connectivity index (χ1v) is 12.6. The second-order valence-electron chi connectivity index (χ2n) is 8.10. The lowest BCUT2D eigenvalue weighted by Crippen LogP contribution is -2.51. The highest BCUT2D eigenvalue weighted by Crippen LogP contribution is 2.37. The van der Waals surface area contributed by atoms with Crippen LogP contribution < -0.4 is 0 Å². The second kappa shape index (κ2) is 7.30. The van der Waals surface area contributed by atoms with Gasteiger partial charge in [0.05, 0.1) is 25.1 Å². The smallest absolute Gasteiger partial charge is 0.216 e. The number of hydrogen-bond acceptors (Lipinski definition) is 4. The van der Waals surface area contributed by atoms with E-state index in [9.17, 15) is 8.42 Å². The Balaban J connectivity index is 2.91. The van der Waals surface area contributed by atoms with Gasteiger partial charge in [-0.3, -0.25) is 0 Å². The summed E-state index contributed by atoms with van der Waals surface area (Å²) in [6.07, 6.45) is -0.185. The van der Waals surface area contributed by atoms with Crippen LogP contribution in [0.2, 0.25) is 18.1 Å². The molecule has 0 amide bonds. The minimum absolute atomic E-state index is 0.0620. The van der Waals surface area contributed by atoms with Gasteiger partial charge >= 0.3 is 0 Å². The van der Waals surface area contributed by atoms with Crippen molar-refractivity contribution in [2.45, 2.75) is 58.9 Å². The van der Waals surface area contributed by atoms with E-state index >= 15 is 0 Å². The highest BCUT2D eigenvalue weighted by molar-refractivity contribution is 7.89. The molecule has 0 N–H and O–H groups in total. The molecule has 7 heteroatoms. The topological polar surface area (TPSA) is 55.8 Å². The van der Waals surface area contributed by atoms with Crippen molar-refractivity contribution in [3.05, 3.63) is 0 Å². The van der Waals surface area contributed by atoms with E-state index in [0.29, 0.717) is 25.6 Å². The first kappa shape index (κ1) is 20.1. The van der Waals surface area contributed by atoms with Crippen molar-refractivity contribution >= 4 is 18.3 Å². The van der Waals surface area contributed by atoms with Crippen molar-refractivity contribution in [3.63, 3.8) is 0 Å². The molecule has 1 aliphatic heterocycles. The fourth-order valence-corrected chi connectivity index (χ4v) is 5.00. The van der Waals surface area contributed by atoms with Gasteiger partial charge in [-0.25, -0.2) is 8.42 Å². The second-order valence-corrected chi connectivity index (χ2v) is 14.9. The molecule has 5 nitrogen and oxygen atoms in total. The van der Waals surface area contributed by atoms with Crippen LogP contribution in [0.25, 0.3) is 0 Å². The van der Waals surface area contributed by atoms with Crippen LogP contribution in [0.4, 0.5) is 0 Å². The van der Waals surface area contributed by atoms with Gasteiger partial charge in [-0.2, -0.15) is 4.31 Å². The lowest BCUT2D eigenvalue weighted by Gasteiger charge is -2.41.